The first kappa shape index (κ1) is 15.1. The van der Waals surface area contributed by atoms with Gasteiger partial charge >= 0.3 is 0 Å². The van der Waals surface area contributed by atoms with Gasteiger partial charge in [-0.3, -0.25) is 9.52 Å². The van der Waals surface area contributed by atoms with Crippen molar-refractivity contribution >= 4 is 27.5 Å². The van der Waals surface area contributed by atoms with Crippen molar-refractivity contribution in [3.63, 3.8) is 0 Å². The van der Waals surface area contributed by atoms with Crippen LogP contribution < -0.4 is 4.72 Å². The zero-order chi connectivity index (χ0) is 15.7. The summed E-state index contributed by atoms with van der Waals surface area (Å²) in [4.78, 5) is 12.0. The minimum absolute atomic E-state index is 0.0366. The fourth-order valence-electron chi connectivity index (χ4n) is 2.39. The van der Waals surface area contributed by atoms with Gasteiger partial charge in [-0.15, -0.1) is 0 Å². The first-order chi connectivity index (χ1) is 10.5. The van der Waals surface area contributed by atoms with Gasteiger partial charge in [0.05, 0.1) is 12.0 Å². The summed E-state index contributed by atoms with van der Waals surface area (Å²) < 4.78 is 31.5. The first-order valence-corrected chi connectivity index (χ1v) is 8.80. The minimum atomic E-state index is -3.77. The third kappa shape index (κ3) is 3.34. The lowest BCUT2D eigenvalue weighted by Crippen LogP contribution is -2.33. The van der Waals surface area contributed by atoms with E-state index in [-0.39, 0.29) is 17.6 Å². The SMILES string of the molecule is O=C(NS(=O)(=O)Cc1ccccc1Cl)[C@H]1C[C@H]1c1ccco1. The molecule has 1 fully saturated rings. The van der Waals surface area contributed by atoms with Crippen molar-refractivity contribution in [2.75, 3.05) is 0 Å². The van der Waals surface area contributed by atoms with E-state index >= 15 is 0 Å². The zero-order valence-corrected chi connectivity index (χ0v) is 13.1. The molecule has 116 valence electrons. The molecule has 7 heteroatoms. The van der Waals surface area contributed by atoms with Gasteiger partial charge in [0.15, 0.2) is 0 Å². The maximum absolute atomic E-state index is 12.1. The second-order valence-electron chi connectivity index (χ2n) is 5.28. The Kier molecular flexibility index (Phi) is 3.97. The average molecular weight is 340 g/mol. The number of amides is 1. The molecule has 1 aliphatic rings. The maximum atomic E-state index is 12.1. The fraction of sp³-hybridized carbons (Fsp3) is 0.267. The third-order valence-corrected chi connectivity index (χ3v) is 5.17. The lowest BCUT2D eigenvalue weighted by atomic mass is 10.2. The predicted octanol–water partition coefficient (Wildman–Crippen LogP) is 2.68. The first-order valence-electron chi connectivity index (χ1n) is 6.77. The van der Waals surface area contributed by atoms with Crippen molar-refractivity contribution in [3.8, 4) is 0 Å². The summed E-state index contributed by atoms with van der Waals surface area (Å²) in [7, 11) is -3.77. The summed E-state index contributed by atoms with van der Waals surface area (Å²) in [5.41, 5.74) is 0.461. The summed E-state index contributed by atoms with van der Waals surface area (Å²) in [5.74, 6) is -0.494. The molecule has 1 aromatic carbocycles. The van der Waals surface area contributed by atoms with Crippen LogP contribution in [-0.2, 0) is 20.6 Å². The number of carbonyl (C=O) groups is 1. The quantitative estimate of drug-likeness (QED) is 0.908. The van der Waals surface area contributed by atoms with E-state index in [9.17, 15) is 13.2 Å². The highest BCUT2D eigenvalue weighted by atomic mass is 35.5. The van der Waals surface area contributed by atoms with Crippen LogP contribution in [0.15, 0.2) is 47.1 Å². The standard InChI is InChI=1S/C15H14ClNO4S/c16-13-5-2-1-4-10(13)9-22(19,20)17-15(18)12-8-11(12)14-6-3-7-21-14/h1-7,11-12H,8-9H2,(H,17,18)/t11-,12+/m1/s1. The number of nitrogens with one attached hydrogen (secondary N) is 1. The van der Waals surface area contributed by atoms with Gasteiger partial charge < -0.3 is 4.42 Å². The molecule has 0 saturated heterocycles. The van der Waals surface area contributed by atoms with Crippen LogP contribution in [0.3, 0.4) is 0 Å². The molecule has 0 radical (unpaired) electrons. The number of hydrogen-bond donors (Lipinski definition) is 1. The lowest BCUT2D eigenvalue weighted by molar-refractivity contribution is -0.120. The molecule has 0 unspecified atom stereocenters. The topological polar surface area (TPSA) is 76.4 Å². The molecule has 1 N–H and O–H groups in total. The number of rotatable bonds is 5. The molecule has 1 aliphatic carbocycles. The second kappa shape index (κ2) is 5.78. The zero-order valence-electron chi connectivity index (χ0n) is 11.5. The van der Waals surface area contributed by atoms with Crippen LogP contribution >= 0.6 is 11.6 Å². The molecule has 5 nitrogen and oxygen atoms in total. The normalized spacial score (nSPS) is 20.6. The average Bonchev–Trinajstić information content (AvgIpc) is 3.07. The van der Waals surface area contributed by atoms with E-state index in [0.29, 0.717) is 22.8 Å². The van der Waals surface area contributed by atoms with E-state index in [0.717, 1.165) is 0 Å². The molecule has 2 aromatic rings. The van der Waals surface area contributed by atoms with Crippen LogP contribution in [0.5, 0.6) is 0 Å². The lowest BCUT2D eigenvalue weighted by Gasteiger charge is -2.07. The molecule has 0 bridgehead atoms. The fourth-order valence-corrected chi connectivity index (χ4v) is 3.86. The van der Waals surface area contributed by atoms with Crippen molar-refractivity contribution in [2.45, 2.75) is 18.1 Å². The number of hydrogen-bond acceptors (Lipinski definition) is 4. The Morgan fingerprint density at radius 1 is 1.27 bits per heavy atom. The van der Waals surface area contributed by atoms with E-state index in [2.05, 4.69) is 4.72 Å². The van der Waals surface area contributed by atoms with E-state index in [1.54, 1.807) is 36.4 Å². The van der Waals surface area contributed by atoms with Gasteiger partial charge in [-0.2, -0.15) is 0 Å². The summed E-state index contributed by atoms with van der Waals surface area (Å²) in [6.07, 6.45) is 2.14. The molecule has 1 heterocycles. The number of sulfonamides is 1. The Labute approximate surface area is 133 Å². The summed E-state index contributed by atoms with van der Waals surface area (Å²) in [6.45, 7) is 0. The van der Waals surface area contributed by atoms with Gasteiger partial charge in [0.1, 0.15) is 5.76 Å². The minimum Gasteiger partial charge on any atom is -0.469 e. The van der Waals surface area contributed by atoms with E-state index in [4.69, 9.17) is 16.0 Å². The summed E-state index contributed by atoms with van der Waals surface area (Å²) >= 11 is 5.94. The van der Waals surface area contributed by atoms with Crippen LogP contribution in [-0.4, -0.2) is 14.3 Å². The van der Waals surface area contributed by atoms with Gasteiger partial charge in [-0.25, -0.2) is 8.42 Å². The van der Waals surface area contributed by atoms with E-state index in [1.165, 1.54) is 6.26 Å². The number of halogens is 1. The van der Waals surface area contributed by atoms with Gasteiger partial charge in [0.2, 0.25) is 15.9 Å². The second-order valence-corrected chi connectivity index (χ2v) is 7.41. The van der Waals surface area contributed by atoms with Gasteiger partial charge in [0.25, 0.3) is 0 Å². The number of furan rings is 1. The van der Waals surface area contributed by atoms with Crippen molar-refractivity contribution in [3.05, 3.63) is 59.0 Å². The van der Waals surface area contributed by atoms with Gasteiger partial charge in [-0.05, 0) is 30.2 Å². The molecule has 3 rings (SSSR count). The Hall–Kier alpha value is -1.79. The largest absolute Gasteiger partial charge is 0.469 e. The van der Waals surface area contributed by atoms with Gasteiger partial charge in [0, 0.05) is 16.9 Å². The van der Waals surface area contributed by atoms with Crippen LogP contribution in [0.25, 0.3) is 0 Å². The van der Waals surface area contributed by atoms with Crippen LogP contribution in [0.2, 0.25) is 5.02 Å². The monoisotopic (exact) mass is 339 g/mol. The van der Waals surface area contributed by atoms with Gasteiger partial charge in [-0.1, -0.05) is 29.8 Å². The molecule has 0 aliphatic heterocycles. The molecule has 1 saturated carbocycles. The van der Waals surface area contributed by atoms with E-state index in [1.807, 2.05) is 0 Å². The third-order valence-electron chi connectivity index (χ3n) is 3.60. The molecule has 1 aromatic heterocycles. The molecular weight excluding hydrogens is 326 g/mol. The molecular formula is C15H14ClNO4S. The smallest absolute Gasteiger partial charge is 0.239 e. The highest BCUT2D eigenvalue weighted by molar-refractivity contribution is 7.89. The Morgan fingerprint density at radius 3 is 2.73 bits per heavy atom. The van der Waals surface area contributed by atoms with Crippen molar-refractivity contribution in [1.29, 1.82) is 0 Å². The predicted molar refractivity (Wildman–Crippen MR) is 81.8 cm³/mol. The molecule has 1 amide bonds. The van der Waals surface area contributed by atoms with Crippen molar-refractivity contribution < 1.29 is 17.6 Å². The van der Waals surface area contributed by atoms with Crippen molar-refractivity contribution in [1.82, 2.24) is 4.72 Å². The molecule has 0 spiro atoms. The maximum Gasteiger partial charge on any atom is 0.239 e. The summed E-state index contributed by atoms with van der Waals surface area (Å²) in [5, 5.41) is 0.361. The van der Waals surface area contributed by atoms with E-state index < -0.39 is 15.9 Å². The molecule has 22 heavy (non-hydrogen) atoms. The molecule has 2 atom stereocenters. The number of benzene rings is 1. The highest BCUT2D eigenvalue weighted by Crippen LogP contribution is 2.47. The highest BCUT2D eigenvalue weighted by Gasteiger charge is 2.46. The van der Waals surface area contributed by atoms with Crippen molar-refractivity contribution in [2.24, 2.45) is 5.92 Å². The Morgan fingerprint density at radius 2 is 2.05 bits per heavy atom. The Balaban J connectivity index is 1.63. The number of carbonyl (C=O) groups excluding carboxylic acids is 1. The van der Waals surface area contributed by atoms with Crippen LogP contribution in [0.1, 0.15) is 23.7 Å². The van der Waals surface area contributed by atoms with Crippen LogP contribution in [0, 0.1) is 5.92 Å². The van der Waals surface area contributed by atoms with Crippen LogP contribution in [0.4, 0.5) is 0 Å². The Bertz CT molecular complexity index is 786. The summed E-state index contributed by atoms with van der Waals surface area (Å²) in [6, 6.07) is 10.2.